The summed E-state index contributed by atoms with van der Waals surface area (Å²) in [4.78, 5) is 9.08. The van der Waals surface area contributed by atoms with Gasteiger partial charge in [0.05, 0.1) is 0 Å². The highest BCUT2D eigenvalue weighted by Gasteiger charge is 2.23. The fourth-order valence-corrected chi connectivity index (χ4v) is 4.77. The van der Waals surface area contributed by atoms with Gasteiger partial charge in [-0.05, 0) is 62.7 Å². The summed E-state index contributed by atoms with van der Waals surface area (Å²) in [7, 11) is 0. The fourth-order valence-electron chi connectivity index (χ4n) is 4.77. The van der Waals surface area contributed by atoms with Crippen molar-refractivity contribution in [1.29, 1.82) is 0 Å². The highest BCUT2D eigenvalue weighted by atomic mass is 14.9. The van der Waals surface area contributed by atoms with Crippen LogP contribution >= 0.6 is 0 Å². The largest absolute Gasteiger partial charge is 0.246 e. The van der Waals surface area contributed by atoms with Gasteiger partial charge in [0.15, 0.2) is 0 Å². The Morgan fingerprint density at radius 3 is 2.40 bits per heavy atom. The summed E-state index contributed by atoms with van der Waals surface area (Å²) in [5.41, 5.74) is 2.24. The standard InChI is InChI=1S/C23H40N2/c1-5-6-9-21-11-13-22(14-12-21)15-19(3)24-17-25-20(4)16-23-10-7-8-18(23)2/h17-18,21-23H,3,5-16H2,1-2,4H3/b24-17-,25-20-. The normalized spacial score (nSPS) is 30.9. The van der Waals surface area contributed by atoms with Crippen LogP contribution in [0.2, 0.25) is 0 Å². The first-order valence-corrected chi connectivity index (χ1v) is 10.8. The molecule has 2 rings (SSSR count). The average Bonchev–Trinajstić information content (AvgIpc) is 2.99. The van der Waals surface area contributed by atoms with E-state index in [9.17, 15) is 0 Å². The van der Waals surface area contributed by atoms with E-state index in [2.05, 4.69) is 37.3 Å². The van der Waals surface area contributed by atoms with Crippen molar-refractivity contribution in [3.8, 4) is 0 Å². The van der Waals surface area contributed by atoms with Crippen molar-refractivity contribution in [2.24, 2.45) is 33.7 Å². The molecule has 2 saturated carbocycles. The first-order valence-electron chi connectivity index (χ1n) is 10.8. The lowest BCUT2D eigenvalue weighted by Gasteiger charge is -2.28. The van der Waals surface area contributed by atoms with Gasteiger partial charge in [-0.1, -0.05) is 65.4 Å². The van der Waals surface area contributed by atoms with Crippen molar-refractivity contribution in [2.45, 2.75) is 97.8 Å². The molecule has 2 unspecified atom stereocenters. The molecule has 0 aromatic rings. The molecule has 2 aliphatic rings. The highest BCUT2D eigenvalue weighted by molar-refractivity contribution is 5.88. The van der Waals surface area contributed by atoms with Gasteiger partial charge in [0, 0.05) is 11.4 Å². The van der Waals surface area contributed by atoms with E-state index in [0.717, 1.165) is 42.2 Å². The van der Waals surface area contributed by atoms with Gasteiger partial charge >= 0.3 is 0 Å². The van der Waals surface area contributed by atoms with Gasteiger partial charge < -0.3 is 0 Å². The maximum absolute atomic E-state index is 4.57. The number of aliphatic imine (C=N–C) groups is 2. The summed E-state index contributed by atoms with van der Waals surface area (Å²) in [6, 6.07) is 0. The summed E-state index contributed by atoms with van der Waals surface area (Å²) < 4.78 is 0. The smallest absolute Gasteiger partial charge is 0.115 e. The van der Waals surface area contributed by atoms with E-state index in [-0.39, 0.29) is 0 Å². The third-order valence-corrected chi connectivity index (χ3v) is 6.57. The zero-order valence-electron chi connectivity index (χ0n) is 17.0. The van der Waals surface area contributed by atoms with E-state index in [4.69, 9.17) is 0 Å². The van der Waals surface area contributed by atoms with Crippen LogP contribution in [0.15, 0.2) is 22.3 Å². The van der Waals surface area contributed by atoms with Gasteiger partial charge in [0.1, 0.15) is 6.34 Å². The molecule has 0 amide bonds. The molecule has 0 aromatic carbocycles. The molecule has 0 spiro atoms. The first-order chi connectivity index (χ1) is 12.1. The Morgan fingerprint density at radius 1 is 1.04 bits per heavy atom. The Morgan fingerprint density at radius 2 is 1.76 bits per heavy atom. The molecule has 0 bridgehead atoms. The Kier molecular flexibility index (Phi) is 8.92. The van der Waals surface area contributed by atoms with E-state index in [1.54, 1.807) is 6.34 Å². The lowest BCUT2D eigenvalue weighted by molar-refractivity contribution is 0.258. The maximum Gasteiger partial charge on any atom is 0.115 e. The van der Waals surface area contributed by atoms with Crippen LogP contribution in [0.1, 0.15) is 97.8 Å². The van der Waals surface area contributed by atoms with Crippen LogP contribution < -0.4 is 0 Å². The Hall–Kier alpha value is -0.920. The van der Waals surface area contributed by atoms with E-state index in [0.29, 0.717) is 0 Å². The summed E-state index contributed by atoms with van der Waals surface area (Å²) in [5, 5.41) is 0. The number of allylic oxidation sites excluding steroid dienone is 1. The van der Waals surface area contributed by atoms with Crippen molar-refractivity contribution in [3.63, 3.8) is 0 Å². The van der Waals surface area contributed by atoms with Crippen LogP contribution in [-0.2, 0) is 0 Å². The van der Waals surface area contributed by atoms with Crippen molar-refractivity contribution < 1.29 is 0 Å². The van der Waals surface area contributed by atoms with Crippen molar-refractivity contribution in [1.82, 2.24) is 0 Å². The minimum absolute atomic E-state index is 0.798. The van der Waals surface area contributed by atoms with E-state index in [1.165, 1.54) is 69.9 Å². The van der Waals surface area contributed by atoms with Crippen LogP contribution in [0, 0.1) is 23.7 Å². The van der Waals surface area contributed by atoms with Gasteiger partial charge in [-0.15, -0.1) is 0 Å². The second-order valence-electron chi connectivity index (χ2n) is 8.78. The Balaban J connectivity index is 1.66. The molecule has 25 heavy (non-hydrogen) atoms. The Labute approximate surface area is 156 Å². The number of nitrogens with zero attached hydrogens (tertiary/aromatic N) is 2. The minimum atomic E-state index is 0.798. The van der Waals surface area contributed by atoms with Crippen LogP contribution in [0.25, 0.3) is 0 Å². The molecule has 2 nitrogen and oxygen atoms in total. The summed E-state index contributed by atoms with van der Waals surface area (Å²) >= 11 is 0. The molecule has 2 atom stereocenters. The van der Waals surface area contributed by atoms with Crippen molar-refractivity contribution in [2.75, 3.05) is 0 Å². The summed E-state index contributed by atoms with van der Waals surface area (Å²) in [6.45, 7) is 11.0. The quantitative estimate of drug-likeness (QED) is 0.312. The maximum atomic E-state index is 4.57. The molecule has 2 fully saturated rings. The average molecular weight is 345 g/mol. The van der Waals surface area contributed by atoms with Gasteiger partial charge in [0.25, 0.3) is 0 Å². The monoisotopic (exact) mass is 344 g/mol. The molecular formula is C23H40N2. The topological polar surface area (TPSA) is 24.7 Å². The minimum Gasteiger partial charge on any atom is -0.246 e. The van der Waals surface area contributed by atoms with Crippen molar-refractivity contribution >= 4 is 12.1 Å². The molecule has 0 heterocycles. The number of unbranched alkanes of at least 4 members (excludes halogenated alkanes) is 1. The van der Waals surface area contributed by atoms with Gasteiger partial charge in [-0.2, -0.15) is 0 Å². The molecule has 142 valence electrons. The Bertz CT molecular complexity index is 455. The molecule has 2 aliphatic carbocycles. The molecule has 2 heteroatoms. The zero-order chi connectivity index (χ0) is 18.1. The number of hydrogen-bond acceptors (Lipinski definition) is 1. The predicted molar refractivity (Wildman–Crippen MR) is 111 cm³/mol. The third-order valence-electron chi connectivity index (χ3n) is 6.57. The van der Waals surface area contributed by atoms with E-state index < -0.39 is 0 Å². The molecule has 0 radical (unpaired) electrons. The molecule has 0 aromatic heterocycles. The lowest BCUT2D eigenvalue weighted by atomic mass is 9.78. The predicted octanol–water partition coefficient (Wildman–Crippen LogP) is 7.20. The SMILES string of the molecule is C=C(CC1CCC(CCCC)CC1)/N=C\N=C(\C)CC1CCCC1C. The van der Waals surface area contributed by atoms with E-state index >= 15 is 0 Å². The summed E-state index contributed by atoms with van der Waals surface area (Å²) in [6.07, 6.45) is 17.9. The number of hydrogen-bond donors (Lipinski definition) is 0. The zero-order valence-corrected chi connectivity index (χ0v) is 17.0. The second kappa shape index (κ2) is 10.9. The summed E-state index contributed by atoms with van der Waals surface area (Å²) in [5.74, 6) is 3.48. The molecule has 0 aliphatic heterocycles. The second-order valence-corrected chi connectivity index (χ2v) is 8.78. The molecular weight excluding hydrogens is 304 g/mol. The van der Waals surface area contributed by atoms with Gasteiger partial charge in [0.2, 0.25) is 0 Å². The molecule has 0 saturated heterocycles. The highest BCUT2D eigenvalue weighted by Crippen LogP contribution is 2.35. The lowest BCUT2D eigenvalue weighted by Crippen LogP contribution is -2.14. The van der Waals surface area contributed by atoms with Crippen LogP contribution in [0.4, 0.5) is 0 Å². The van der Waals surface area contributed by atoms with Crippen molar-refractivity contribution in [3.05, 3.63) is 12.3 Å². The van der Waals surface area contributed by atoms with Gasteiger partial charge in [-0.3, -0.25) is 0 Å². The first kappa shape index (κ1) is 20.4. The van der Waals surface area contributed by atoms with Gasteiger partial charge in [-0.25, -0.2) is 9.98 Å². The molecule has 0 N–H and O–H groups in total. The number of rotatable bonds is 9. The van der Waals surface area contributed by atoms with Crippen LogP contribution in [0.3, 0.4) is 0 Å². The van der Waals surface area contributed by atoms with E-state index in [1.807, 2.05) is 0 Å². The third kappa shape index (κ3) is 7.46. The fraction of sp³-hybridized carbons (Fsp3) is 0.826. The van der Waals surface area contributed by atoms with Crippen LogP contribution in [-0.4, -0.2) is 12.1 Å². The van der Waals surface area contributed by atoms with Crippen LogP contribution in [0.5, 0.6) is 0 Å².